The zero-order valence-corrected chi connectivity index (χ0v) is 17.9. The topological polar surface area (TPSA) is 51.5 Å². The van der Waals surface area contributed by atoms with Crippen LogP contribution in [0.1, 0.15) is 40.9 Å². The van der Waals surface area contributed by atoms with Gasteiger partial charge < -0.3 is 14.4 Å². The van der Waals surface area contributed by atoms with E-state index in [2.05, 4.69) is 26.0 Å². The quantitative estimate of drug-likeness (QED) is 0.408. The second-order valence-corrected chi connectivity index (χ2v) is 7.73. The second kappa shape index (κ2) is 8.52. The van der Waals surface area contributed by atoms with Crippen LogP contribution in [-0.2, 0) is 11.3 Å². The number of ether oxygens (including phenoxy) is 1. The van der Waals surface area contributed by atoms with E-state index in [1.165, 1.54) is 7.11 Å². The third kappa shape index (κ3) is 3.84. The fourth-order valence-electron chi connectivity index (χ4n) is 4.08. The van der Waals surface area contributed by atoms with Gasteiger partial charge in [0.15, 0.2) is 0 Å². The van der Waals surface area contributed by atoms with E-state index in [9.17, 15) is 9.90 Å². The normalized spacial score (nSPS) is 10.8. The van der Waals surface area contributed by atoms with Crippen LogP contribution in [0, 0.1) is 0 Å². The Bertz CT molecular complexity index is 1280. The van der Waals surface area contributed by atoms with E-state index in [1.807, 2.05) is 59.2 Å². The zero-order chi connectivity index (χ0) is 22.0. The van der Waals surface area contributed by atoms with E-state index in [0.717, 1.165) is 38.7 Å². The standard InChI is InChI=1S/C27H25NO3/c1-18(2)24(20-11-5-4-6-12-20)25-22-14-7-8-15-23(22)28(26(25)29)17-19-10-9-13-21(16-19)27(30)31-3/h4-16,29H,17H2,1-3H3. The summed E-state index contributed by atoms with van der Waals surface area (Å²) in [7, 11) is 1.37. The minimum Gasteiger partial charge on any atom is -0.494 e. The number of hydrogen-bond donors (Lipinski definition) is 1. The molecule has 0 saturated heterocycles. The molecule has 1 aromatic heterocycles. The highest BCUT2D eigenvalue weighted by atomic mass is 16.5. The van der Waals surface area contributed by atoms with E-state index in [1.54, 1.807) is 12.1 Å². The maximum absolute atomic E-state index is 11.9. The number of nitrogens with zero attached hydrogens (tertiary/aromatic N) is 1. The average molecular weight is 412 g/mol. The van der Waals surface area contributed by atoms with Crippen molar-refractivity contribution < 1.29 is 14.6 Å². The Kier molecular flexibility index (Phi) is 5.63. The molecule has 4 heteroatoms. The number of aromatic nitrogens is 1. The summed E-state index contributed by atoms with van der Waals surface area (Å²) in [6.07, 6.45) is 0. The van der Waals surface area contributed by atoms with Crippen LogP contribution in [0.25, 0.3) is 16.5 Å². The molecule has 0 fully saturated rings. The molecule has 0 radical (unpaired) electrons. The van der Waals surface area contributed by atoms with E-state index >= 15 is 0 Å². The lowest BCUT2D eigenvalue weighted by molar-refractivity contribution is 0.0600. The van der Waals surface area contributed by atoms with E-state index in [0.29, 0.717) is 12.1 Å². The average Bonchev–Trinajstić information content (AvgIpc) is 3.06. The summed E-state index contributed by atoms with van der Waals surface area (Å²) < 4.78 is 6.74. The van der Waals surface area contributed by atoms with Crippen LogP contribution in [0.2, 0.25) is 0 Å². The fourth-order valence-corrected chi connectivity index (χ4v) is 4.08. The number of para-hydroxylation sites is 1. The summed E-state index contributed by atoms with van der Waals surface area (Å²) in [5, 5.41) is 12.4. The monoisotopic (exact) mass is 411 g/mol. The summed E-state index contributed by atoms with van der Waals surface area (Å²) in [5.74, 6) is -0.162. The van der Waals surface area contributed by atoms with Crippen molar-refractivity contribution in [2.45, 2.75) is 20.4 Å². The van der Waals surface area contributed by atoms with Gasteiger partial charge in [0.05, 0.1) is 30.3 Å². The third-order valence-corrected chi connectivity index (χ3v) is 5.44. The zero-order valence-electron chi connectivity index (χ0n) is 17.9. The Morgan fingerprint density at radius 3 is 2.29 bits per heavy atom. The van der Waals surface area contributed by atoms with Gasteiger partial charge in [-0.15, -0.1) is 0 Å². The summed E-state index contributed by atoms with van der Waals surface area (Å²) in [6.45, 7) is 4.56. The summed E-state index contributed by atoms with van der Waals surface area (Å²) in [5.41, 5.74) is 6.37. The number of methoxy groups -OCH3 is 1. The molecule has 0 saturated carbocycles. The smallest absolute Gasteiger partial charge is 0.337 e. The summed E-state index contributed by atoms with van der Waals surface area (Å²) >= 11 is 0. The first-order chi connectivity index (χ1) is 15.0. The summed E-state index contributed by atoms with van der Waals surface area (Å²) in [6, 6.07) is 25.4. The van der Waals surface area contributed by atoms with E-state index in [-0.39, 0.29) is 11.8 Å². The second-order valence-electron chi connectivity index (χ2n) is 7.73. The first kappa shape index (κ1) is 20.5. The van der Waals surface area contributed by atoms with E-state index < -0.39 is 0 Å². The van der Waals surface area contributed by atoms with Crippen molar-refractivity contribution in [3.05, 3.63) is 107 Å². The lowest BCUT2D eigenvalue weighted by Gasteiger charge is -2.12. The van der Waals surface area contributed by atoms with Crippen LogP contribution in [-0.4, -0.2) is 22.8 Å². The minimum absolute atomic E-state index is 0.213. The van der Waals surface area contributed by atoms with Gasteiger partial charge in [0.1, 0.15) is 0 Å². The van der Waals surface area contributed by atoms with Crippen LogP contribution in [0.5, 0.6) is 5.88 Å². The molecule has 0 aliphatic carbocycles. The van der Waals surface area contributed by atoms with Crippen molar-refractivity contribution in [1.29, 1.82) is 0 Å². The van der Waals surface area contributed by atoms with Crippen LogP contribution in [0.4, 0.5) is 0 Å². The van der Waals surface area contributed by atoms with Gasteiger partial charge in [-0.3, -0.25) is 0 Å². The molecule has 4 aromatic rings. The van der Waals surface area contributed by atoms with Crippen molar-refractivity contribution in [3.8, 4) is 5.88 Å². The number of aromatic hydroxyl groups is 1. The van der Waals surface area contributed by atoms with Crippen molar-refractivity contribution in [2.75, 3.05) is 7.11 Å². The van der Waals surface area contributed by atoms with Crippen LogP contribution in [0.15, 0.2) is 84.4 Å². The van der Waals surface area contributed by atoms with Gasteiger partial charge in [0, 0.05) is 5.39 Å². The van der Waals surface area contributed by atoms with Crippen molar-refractivity contribution >= 4 is 22.4 Å². The number of fused-ring (bicyclic) bond motifs is 1. The predicted octanol–water partition coefficient (Wildman–Crippen LogP) is 6.02. The Morgan fingerprint density at radius 1 is 0.903 bits per heavy atom. The van der Waals surface area contributed by atoms with E-state index in [4.69, 9.17) is 4.74 Å². The molecule has 0 aliphatic rings. The lowest BCUT2D eigenvalue weighted by atomic mass is 9.93. The first-order valence-electron chi connectivity index (χ1n) is 10.2. The van der Waals surface area contributed by atoms with Gasteiger partial charge in [-0.1, -0.05) is 66.2 Å². The number of carbonyl (C=O) groups is 1. The molecule has 0 unspecified atom stereocenters. The van der Waals surface area contributed by atoms with Crippen LogP contribution in [0.3, 0.4) is 0 Å². The molecule has 1 heterocycles. The number of esters is 1. The highest BCUT2D eigenvalue weighted by molar-refractivity contribution is 6.01. The Hall–Kier alpha value is -3.79. The molecule has 0 amide bonds. The number of benzene rings is 3. The molecule has 1 N–H and O–H groups in total. The van der Waals surface area contributed by atoms with Gasteiger partial charge in [-0.05, 0) is 48.7 Å². The fraction of sp³-hybridized carbons (Fsp3) is 0.148. The minimum atomic E-state index is -0.375. The van der Waals surface area contributed by atoms with Crippen molar-refractivity contribution in [3.63, 3.8) is 0 Å². The largest absolute Gasteiger partial charge is 0.494 e. The van der Waals surface area contributed by atoms with Crippen LogP contribution >= 0.6 is 0 Å². The lowest BCUT2D eigenvalue weighted by Crippen LogP contribution is -2.04. The molecule has 156 valence electrons. The highest BCUT2D eigenvalue weighted by Crippen LogP contribution is 2.41. The molecule has 0 aliphatic heterocycles. The Morgan fingerprint density at radius 2 is 1.58 bits per heavy atom. The summed E-state index contributed by atoms with van der Waals surface area (Å²) in [4.78, 5) is 11.9. The van der Waals surface area contributed by atoms with Gasteiger partial charge in [0.25, 0.3) is 0 Å². The molecular formula is C27H25NO3. The molecule has 0 spiro atoms. The molecular weight excluding hydrogens is 386 g/mol. The predicted molar refractivity (Wildman–Crippen MR) is 124 cm³/mol. The van der Waals surface area contributed by atoms with Crippen LogP contribution < -0.4 is 0 Å². The van der Waals surface area contributed by atoms with Crippen molar-refractivity contribution in [2.24, 2.45) is 0 Å². The Labute approximate surface area is 182 Å². The SMILES string of the molecule is COC(=O)c1cccc(Cn2c(O)c(C(=C(C)C)c3ccccc3)c3ccccc32)c1. The van der Waals surface area contributed by atoms with Gasteiger partial charge >= 0.3 is 5.97 Å². The number of allylic oxidation sites excluding steroid dienone is 1. The number of hydrogen-bond acceptors (Lipinski definition) is 3. The molecule has 31 heavy (non-hydrogen) atoms. The molecule has 4 nitrogen and oxygen atoms in total. The van der Waals surface area contributed by atoms with Gasteiger partial charge in [-0.25, -0.2) is 4.79 Å². The third-order valence-electron chi connectivity index (χ3n) is 5.44. The molecule has 3 aromatic carbocycles. The molecule has 0 bridgehead atoms. The van der Waals surface area contributed by atoms with Gasteiger partial charge in [-0.2, -0.15) is 0 Å². The number of carbonyl (C=O) groups excluding carboxylic acids is 1. The van der Waals surface area contributed by atoms with Crippen molar-refractivity contribution in [1.82, 2.24) is 4.57 Å². The Balaban J connectivity index is 1.89. The van der Waals surface area contributed by atoms with Gasteiger partial charge in [0.2, 0.25) is 5.88 Å². The molecule has 4 rings (SSSR count). The maximum Gasteiger partial charge on any atom is 0.337 e. The maximum atomic E-state index is 11.9. The highest BCUT2D eigenvalue weighted by Gasteiger charge is 2.21. The first-order valence-corrected chi connectivity index (χ1v) is 10.2. The number of rotatable bonds is 5. The molecule has 0 atom stereocenters.